The molecule has 15 heavy (non-hydrogen) atoms. The van der Waals surface area contributed by atoms with Crippen LogP contribution in [0.25, 0.3) is 0 Å². The molecule has 0 saturated heterocycles. The lowest BCUT2D eigenvalue weighted by Gasteiger charge is -2.14. The van der Waals surface area contributed by atoms with E-state index < -0.39 is 5.24 Å². The molecule has 0 aliphatic heterocycles. The first-order chi connectivity index (χ1) is 7.11. The van der Waals surface area contributed by atoms with E-state index in [2.05, 4.69) is 15.9 Å². The zero-order chi connectivity index (χ0) is 11.3. The van der Waals surface area contributed by atoms with Crippen LogP contribution in [0.3, 0.4) is 0 Å². The Kier molecular flexibility index (Phi) is 4.78. The van der Waals surface area contributed by atoms with Crippen molar-refractivity contribution in [2.24, 2.45) is 0 Å². The first kappa shape index (κ1) is 12.2. The van der Waals surface area contributed by atoms with Crippen LogP contribution in [0.2, 0.25) is 0 Å². The number of amides is 1. The second-order valence-electron chi connectivity index (χ2n) is 2.99. The standard InChI is InChI=1S/C10H9BrClNO2/c11-9-3-1-8(2-4-9)5-13(7-14)6-10(12)15/h1-4,7H,5-6H2. The van der Waals surface area contributed by atoms with Crippen LogP contribution in [-0.4, -0.2) is 23.1 Å². The van der Waals surface area contributed by atoms with Crippen LogP contribution in [0.1, 0.15) is 5.56 Å². The number of hydrogen-bond acceptors (Lipinski definition) is 2. The molecule has 0 saturated carbocycles. The molecule has 1 aromatic carbocycles. The maximum atomic E-state index is 10.6. The average Bonchev–Trinajstić information content (AvgIpc) is 2.19. The highest BCUT2D eigenvalue weighted by Crippen LogP contribution is 2.11. The second-order valence-corrected chi connectivity index (χ2v) is 4.33. The van der Waals surface area contributed by atoms with Crippen molar-refractivity contribution in [2.45, 2.75) is 6.54 Å². The van der Waals surface area contributed by atoms with Gasteiger partial charge in [0.15, 0.2) is 0 Å². The van der Waals surface area contributed by atoms with Crippen molar-refractivity contribution in [2.75, 3.05) is 6.54 Å². The summed E-state index contributed by atoms with van der Waals surface area (Å²) in [6, 6.07) is 7.50. The van der Waals surface area contributed by atoms with Gasteiger partial charge in [-0.1, -0.05) is 28.1 Å². The Hall–Kier alpha value is -0.870. The molecular weight excluding hydrogens is 281 g/mol. The summed E-state index contributed by atoms with van der Waals surface area (Å²) < 4.78 is 0.970. The van der Waals surface area contributed by atoms with Gasteiger partial charge in [-0.2, -0.15) is 0 Å². The Morgan fingerprint density at radius 3 is 2.47 bits per heavy atom. The molecule has 0 N–H and O–H groups in total. The number of carbonyl (C=O) groups is 2. The number of hydrogen-bond donors (Lipinski definition) is 0. The highest BCUT2D eigenvalue weighted by molar-refractivity contribution is 9.10. The molecule has 0 aromatic heterocycles. The van der Waals surface area contributed by atoms with Crippen LogP contribution in [0.5, 0.6) is 0 Å². The molecule has 0 aliphatic carbocycles. The quantitative estimate of drug-likeness (QED) is 0.616. The molecule has 0 aliphatic rings. The molecule has 0 unspecified atom stereocenters. The van der Waals surface area contributed by atoms with E-state index >= 15 is 0 Å². The molecule has 0 heterocycles. The van der Waals surface area contributed by atoms with Gasteiger partial charge in [-0.25, -0.2) is 0 Å². The van der Waals surface area contributed by atoms with Crippen LogP contribution in [-0.2, 0) is 16.1 Å². The van der Waals surface area contributed by atoms with Crippen molar-refractivity contribution < 1.29 is 9.59 Å². The lowest BCUT2D eigenvalue weighted by Crippen LogP contribution is -2.25. The summed E-state index contributed by atoms with van der Waals surface area (Å²) in [6.45, 7) is 0.316. The Labute approximate surface area is 101 Å². The van der Waals surface area contributed by atoms with Crippen molar-refractivity contribution in [1.29, 1.82) is 0 Å². The summed E-state index contributed by atoms with van der Waals surface area (Å²) in [5.74, 6) is 0. The van der Waals surface area contributed by atoms with Gasteiger partial charge < -0.3 is 4.90 Å². The van der Waals surface area contributed by atoms with Crippen LogP contribution in [0.15, 0.2) is 28.7 Å². The summed E-state index contributed by atoms with van der Waals surface area (Å²) in [4.78, 5) is 22.6. The van der Waals surface area contributed by atoms with Gasteiger partial charge in [-0.15, -0.1) is 0 Å². The lowest BCUT2D eigenvalue weighted by atomic mass is 10.2. The minimum atomic E-state index is -0.542. The maximum absolute atomic E-state index is 10.6. The predicted molar refractivity (Wildman–Crippen MR) is 61.5 cm³/mol. The fourth-order valence-corrected chi connectivity index (χ4v) is 1.53. The molecule has 1 rings (SSSR count). The van der Waals surface area contributed by atoms with Crippen molar-refractivity contribution in [1.82, 2.24) is 4.90 Å². The van der Waals surface area contributed by atoms with Crippen molar-refractivity contribution in [3.63, 3.8) is 0 Å². The van der Waals surface area contributed by atoms with E-state index in [4.69, 9.17) is 11.6 Å². The minimum Gasteiger partial charge on any atom is -0.332 e. The molecule has 1 aromatic rings. The first-order valence-electron chi connectivity index (χ1n) is 4.24. The van der Waals surface area contributed by atoms with Crippen molar-refractivity contribution in [3.8, 4) is 0 Å². The molecule has 5 heteroatoms. The normalized spacial score (nSPS) is 9.73. The summed E-state index contributed by atoms with van der Waals surface area (Å²) >= 11 is 8.51. The van der Waals surface area contributed by atoms with Gasteiger partial charge in [-0.3, -0.25) is 9.59 Å². The van der Waals surface area contributed by atoms with E-state index in [1.54, 1.807) is 0 Å². The van der Waals surface area contributed by atoms with Crippen LogP contribution < -0.4 is 0 Å². The number of rotatable bonds is 5. The van der Waals surface area contributed by atoms with Gasteiger partial charge >= 0.3 is 0 Å². The lowest BCUT2D eigenvalue weighted by molar-refractivity contribution is -0.123. The Bertz CT molecular complexity index is 353. The van der Waals surface area contributed by atoms with Crippen LogP contribution in [0, 0.1) is 0 Å². The van der Waals surface area contributed by atoms with E-state index in [-0.39, 0.29) is 6.54 Å². The monoisotopic (exact) mass is 289 g/mol. The van der Waals surface area contributed by atoms with Gasteiger partial charge in [0, 0.05) is 11.0 Å². The topological polar surface area (TPSA) is 37.4 Å². The number of carbonyl (C=O) groups excluding carboxylic acids is 2. The van der Waals surface area contributed by atoms with Crippen LogP contribution >= 0.6 is 27.5 Å². The van der Waals surface area contributed by atoms with Crippen molar-refractivity contribution >= 4 is 39.2 Å². The molecule has 0 radical (unpaired) electrons. The van der Waals surface area contributed by atoms with Gasteiger partial charge in [0.05, 0.1) is 6.54 Å². The summed E-state index contributed by atoms with van der Waals surface area (Å²) in [5, 5.41) is -0.542. The number of benzene rings is 1. The highest BCUT2D eigenvalue weighted by atomic mass is 79.9. The SMILES string of the molecule is O=CN(CC(=O)Cl)Cc1ccc(Br)cc1. The molecule has 80 valence electrons. The number of halogens is 2. The molecular formula is C10H9BrClNO2. The first-order valence-corrected chi connectivity index (χ1v) is 5.41. The van der Waals surface area contributed by atoms with Gasteiger partial charge in [0.1, 0.15) is 0 Å². The van der Waals surface area contributed by atoms with E-state index in [0.717, 1.165) is 10.0 Å². The fourth-order valence-electron chi connectivity index (χ4n) is 1.11. The maximum Gasteiger partial charge on any atom is 0.241 e. The molecule has 3 nitrogen and oxygen atoms in total. The van der Waals surface area contributed by atoms with E-state index in [9.17, 15) is 9.59 Å². The molecule has 0 fully saturated rings. The summed E-state index contributed by atoms with van der Waals surface area (Å²) in [7, 11) is 0. The smallest absolute Gasteiger partial charge is 0.241 e. The molecule has 0 spiro atoms. The third-order valence-corrected chi connectivity index (χ3v) is 2.42. The summed E-state index contributed by atoms with van der Waals surface area (Å²) in [5.41, 5.74) is 0.947. The predicted octanol–water partition coefficient (Wildman–Crippen LogP) is 2.17. The van der Waals surface area contributed by atoms with E-state index in [1.165, 1.54) is 4.90 Å². The van der Waals surface area contributed by atoms with Gasteiger partial charge in [-0.05, 0) is 29.3 Å². The molecule has 0 atom stereocenters. The van der Waals surface area contributed by atoms with E-state index in [1.807, 2.05) is 24.3 Å². The second kappa shape index (κ2) is 5.88. The Morgan fingerprint density at radius 1 is 1.40 bits per heavy atom. The van der Waals surface area contributed by atoms with Gasteiger partial charge in [0.25, 0.3) is 0 Å². The molecule has 0 bridgehead atoms. The highest BCUT2D eigenvalue weighted by Gasteiger charge is 2.06. The average molecular weight is 291 g/mol. The zero-order valence-electron chi connectivity index (χ0n) is 7.82. The largest absolute Gasteiger partial charge is 0.332 e. The Morgan fingerprint density at radius 2 is 2.00 bits per heavy atom. The summed E-state index contributed by atoms with van der Waals surface area (Å²) in [6.07, 6.45) is 0.613. The fraction of sp³-hybridized carbons (Fsp3) is 0.200. The third kappa shape index (κ3) is 4.44. The van der Waals surface area contributed by atoms with E-state index in [0.29, 0.717) is 13.0 Å². The number of nitrogens with zero attached hydrogens (tertiary/aromatic N) is 1. The van der Waals surface area contributed by atoms with Gasteiger partial charge in [0.2, 0.25) is 11.7 Å². The van der Waals surface area contributed by atoms with Crippen LogP contribution in [0.4, 0.5) is 0 Å². The van der Waals surface area contributed by atoms with Crippen molar-refractivity contribution in [3.05, 3.63) is 34.3 Å². The third-order valence-electron chi connectivity index (χ3n) is 1.78. The minimum absolute atomic E-state index is 0.0683. The molecule has 1 amide bonds. The zero-order valence-corrected chi connectivity index (χ0v) is 10.2. The Balaban J connectivity index is 2.62.